The van der Waals surface area contributed by atoms with Crippen molar-refractivity contribution >= 4 is 5.96 Å². The van der Waals surface area contributed by atoms with E-state index in [2.05, 4.69) is 10.3 Å². The van der Waals surface area contributed by atoms with Crippen molar-refractivity contribution in [2.45, 2.75) is 51.0 Å². The maximum absolute atomic E-state index is 13.4. The highest BCUT2D eigenvalue weighted by atomic mass is 19.1. The predicted octanol–water partition coefficient (Wildman–Crippen LogP) is 3.13. The number of guanidine groups is 1. The average molecular weight is 295 g/mol. The monoisotopic (exact) mass is 295 g/mol. The summed E-state index contributed by atoms with van der Waals surface area (Å²) in [6.45, 7) is 0.353. The van der Waals surface area contributed by atoms with Crippen LogP contribution in [-0.2, 0) is 6.42 Å². The molecule has 0 aromatic heterocycles. The molecule has 1 saturated carbocycles. The Balaban J connectivity index is 1.81. The summed E-state index contributed by atoms with van der Waals surface area (Å²) in [6.07, 6.45) is 7.60. The fourth-order valence-corrected chi connectivity index (χ4v) is 2.71. The van der Waals surface area contributed by atoms with Crippen LogP contribution in [0.15, 0.2) is 23.2 Å². The van der Waals surface area contributed by atoms with Crippen LogP contribution in [0.2, 0.25) is 0 Å². The Kier molecular flexibility index (Phi) is 5.96. The number of nitrogens with zero attached hydrogens (tertiary/aromatic N) is 1. The van der Waals surface area contributed by atoms with E-state index in [1.54, 1.807) is 0 Å². The van der Waals surface area contributed by atoms with Crippen LogP contribution in [0.25, 0.3) is 0 Å². The first-order chi connectivity index (χ1) is 10.1. The van der Waals surface area contributed by atoms with Gasteiger partial charge in [-0.3, -0.25) is 4.99 Å². The third-order valence-electron chi connectivity index (χ3n) is 3.88. The van der Waals surface area contributed by atoms with E-state index in [1.807, 2.05) is 0 Å². The summed E-state index contributed by atoms with van der Waals surface area (Å²) in [4.78, 5) is 4.21. The normalized spacial score (nSPS) is 17.5. The minimum absolute atomic E-state index is 0.334. The average Bonchev–Trinajstić information content (AvgIpc) is 2.71. The Morgan fingerprint density at radius 2 is 1.90 bits per heavy atom. The molecule has 116 valence electrons. The Morgan fingerprint density at radius 1 is 1.19 bits per heavy atom. The van der Waals surface area contributed by atoms with Crippen LogP contribution in [-0.4, -0.2) is 18.5 Å². The van der Waals surface area contributed by atoms with Crippen molar-refractivity contribution in [1.29, 1.82) is 0 Å². The van der Waals surface area contributed by atoms with E-state index < -0.39 is 11.6 Å². The van der Waals surface area contributed by atoms with Gasteiger partial charge in [-0.25, -0.2) is 8.78 Å². The molecule has 0 radical (unpaired) electrons. The van der Waals surface area contributed by atoms with E-state index in [0.29, 0.717) is 30.5 Å². The number of rotatable bonds is 4. The molecule has 0 bridgehead atoms. The second-order valence-electron chi connectivity index (χ2n) is 5.59. The van der Waals surface area contributed by atoms with Crippen LogP contribution in [0.5, 0.6) is 0 Å². The lowest BCUT2D eigenvalue weighted by Crippen LogP contribution is -2.40. The molecule has 2 rings (SSSR count). The molecule has 0 atom stereocenters. The van der Waals surface area contributed by atoms with Crippen molar-refractivity contribution in [3.8, 4) is 0 Å². The lowest BCUT2D eigenvalue weighted by atomic mass is 10.1. The predicted molar refractivity (Wildman–Crippen MR) is 81.2 cm³/mol. The smallest absolute Gasteiger partial charge is 0.188 e. The number of aliphatic imine (C=N–C) groups is 1. The maximum atomic E-state index is 13.4. The molecule has 5 heteroatoms. The zero-order valence-corrected chi connectivity index (χ0v) is 12.2. The maximum Gasteiger partial charge on any atom is 0.188 e. The van der Waals surface area contributed by atoms with Crippen LogP contribution in [0.4, 0.5) is 8.78 Å². The van der Waals surface area contributed by atoms with Crippen molar-refractivity contribution in [3.63, 3.8) is 0 Å². The van der Waals surface area contributed by atoms with Gasteiger partial charge in [0.25, 0.3) is 0 Å². The summed E-state index contributed by atoms with van der Waals surface area (Å²) >= 11 is 0. The third kappa shape index (κ3) is 5.33. The Bertz CT molecular complexity index is 480. The quantitative estimate of drug-likeness (QED) is 0.509. The van der Waals surface area contributed by atoms with Crippen molar-refractivity contribution in [2.24, 2.45) is 10.7 Å². The van der Waals surface area contributed by atoms with Crippen LogP contribution < -0.4 is 11.1 Å². The first-order valence-corrected chi connectivity index (χ1v) is 7.65. The van der Waals surface area contributed by atoms with Gasteiger partial charge in [0, 0.05) is 12.6 Å². The zero-order chi connectivity index (χ0) is 15.1. The van der Waals surface area contributed by atoms with Crippen LogP contribution in [0, 0.1) is 11.6 Å². The summed E-state index contributed by atoms with van der Waals surface area (Å²) in [6, 6.07) is 3.85. The Morgan fingerprint density at radius 3 is 2.62 bits per heavy atom. The minimum atomic E-state index is -0.431. The number of halogens is 2. The van der Waals surface area contributed by atoms with Gasteiger partial charge in [0.2, 0.25) is 0 Å². The van der Waals surface area contributed by atoms with E-state index in [4.69, 9.17) is 5.73 Å². The van der Waals surface area contributed by atoms with Gasteiger partial charge in [0.1, 0.15) is 11.6 Å². The highest BCUT2D eigenvalue weighted by Crippen LogP contribution is 2.17. The molecule has 0 heterocycles. The van der Waals surface area contributed by atoms with Gasteiger partial charge >= 0.3 is 0 Å². The summed E-state index contributed by atoms with van der Waals surface area (Å²) in [5.41, 5.74) is 6.19. The number of hydrogen-bond acceptors (Lipinski definition) is 1. The highest BCUT2D eigenvalue weighted by Gasteiger charge is 2.12. The number of nitrogens with two attached hydrogens (primary N) is 1. The molecule has 1 aliphatic rings. The minimum Gasteiger partial charge on any atom is -0.370 e. The molecule has 1 fully saturated rings. The van der Waals surface area contributed by atoms with Gasteiger partial charge in [-0.05, 0) is 43.0 Å². The highest BCUT2D eigenvalue weighted by molar-refractivity contribution is 5.78. The van der Waals surface area contributed by atoms with Crippen molar-refractivity contribution < 1.29 is 8.78 Å². The second-order valence-corrected chi connectivity index (χ2v) is 5.59. The lowest BCUT2D eigenvalue weighted by molar-refractivity contribution is 0.530. The molecule has 0 saturated heterocycles. The van der Waals surface area contributed by atoms with Crippen molar-refractivity contribution in [2.75, 3.05) is 6.54 Å². The topological polar surface area (TPSA) is 50.4 Å². The third-order valence-corrected chi connectivity index (χ3v) is 3.88. The summed E-state index contributed by atoms with van der Waals surface area (Å²) < 4.78 is 26.5. The summed E-state index contributed by atoms with van der Waals surface area (Å²) in [5, 5.41) is 3.23. The number of benzene rings is 1. The fraction of sp³-hybridized carbons (Fsp3) is 0.562. The van der Waals surface area contributed by atoms with E-state index in [-0.39, 0.29) is 0 Å². The molecule has 1 aliphatic carbocycles. The molecule has 1 aromatic rings. The molecule has 0 amide bonds. The van der Waals surface area contributed by atoms with Crippen LogP contribution in [0.1, 0.15) is 44.1 Å². The van der Waals surface area contributed by atoms with E-state index in [1.165, 1.54) is 31.7 Å². The molecule has 0 aliphatic heterocycles. The van der Waals surface area contributed by atoms with Gasteiger partial charge in [-0.1, -0.05) is 25.7 Å². The SMILES string of the molecule is NC(=NCCc1cc(F)ccc1F)NC1CCCCCC1. The first kappa shape index (κ1) is 15.7. The molecule has 0 unspecified atom stereocenters. The largest absolute Gasteiger partial charge is 0.370 e. The lowest BCUT2D eigenvalue weighted by Gasteiger charge is -2.16. The molecule has 3 N–H and O–H groups in total. The van der Waals surface area contributed by atoms with Gasteiger partial charge in [0.05, 0.1) is 0 Å². The van der Waals surface area contributed by atoms with Gasteiger partial charge in [-0.2, -0.15) is 0 Å². The Hall–Kier alpha value is -1.65. The van der Waals surface area contributed by atoms with Crippen molar-refractivity contribution in [3.05, 3.63) is 35.4 Å². The standard InChI is InChI=1S/C16H23F2N3/c17-13-7-8-15(18)12(11-13)9-10-20-16(19)21-14-5-3-1-2-4-6-14/h7-8,11,14H,1-6,9-10H2,(H3,19,20,21). The number of hydrogen-bond donors (Lipinski definition) is 2. The van der Waals surface area contributed by atoms with E-state index >= 15 is 0 Å². The molecule has 21 heavy (non-hydrogen) atoms. The van der Waals surface area contributed by atoms with E-state index in [0.717, 1.165) is 25.0 Å². The van der Waals surface area contributed by atoms with Crippen LogP contribution in [0.3, 0.4) is 0 Å². The molecule has 3 nitrogen and oxygen atoms in total. The van der Waals surface area contributed by atoms with Crippen LogP contribution >= 0.6 is 0 Å². The molecule has 1 aromatic carbocycles. The number of nitrogens with one attached hydrogen (secondary N) is 1. The molecular formula is C16H23F2N3. The zero-order valence-electron chi connectivity index (χ0n) is 12.2. The van der Waals surface area contributed by atoms with Crippen molar-refractivity contribution in [1.82, 2.24) is 5.32 Å². The van der Waals surface area contributed by atoms with Gasteiger partial charge < -0.3 is 11.1 Å². The summed E-state index contributed by atoms with van der Waals surface area (Å²) in [7, 11) is 0. The Labute approximate surface area is 124 Å². The second kappa shape index (κ2) is 7.96. The van der Waals surface area contributed by atoms with E-state index in [9.17, 15) is 8.78 Å². The molecular weight excluding hydrogens is 272 g/mol. The van der Waals surface area contributed by atoms with Gasteiger partial charge in [0.15, 0.2) is 5.96 Å². The first-order valence-electron chi connectivity index (χ1n) is 7.65. The summed E-state index contributed by atoms with van der Waals surface area (Å²) in [5.74, 6) is -0.430. The molecule has 0 spiro atoms. The fourth-order valence-electron chi connectivity index (χ4n) is 2.71. The van der Waals surface area contributed by atoms with Gasteiger partial charge in [-0.15, -0.1) is 0 Å².